The molecule has 0 aliphatic carbocycles. The maximum absolute atomic E-state index is 9.49. The highest BCUT2D eigenvalue weighted by molar-refractivity contribution is 7.98. The second-order valence-electron chi connectivity index (χ2n) is 4.96. The van der Waals surface area contributed by atoms with E-state index in [1.807, 2.05) is 31.2 Å². The van der Waals surface area contributed by atoms with Crippen molar-refractivity contribution in [2.45, 2.75) is 17.8 Å². The van der Waals surface area contributed by atoms with Crippen molar-refractivity contribution in [2.24, 2.45) is 5.10 Å². The van der Waals surface area contributed by atoms with Crippen LogP contribution in [0.2, 0.25) is 0 Å². The first-order valence-electron chi connectivity index (χ1n) is 7.14. The van der Waals surface area contributed by atoms with Crippen LogP contribution < -0.4 is 0 Å². The van der Waals surface area contributed by atoms with Crippen LogP contribution in [0.3, 0.4) is 0 Å². The number of aromatic hydroxyl groups is 1. The van der Waals surface area contributed by atoms with Crippen LogP contribution in [-0.4, -0.2) is 26.2 Å². The van der Waals surface area contributed by atoms with Crippen molar-refractivity contribution >= 4 is 18.0 Å². The standard InChI is InChI=1S/C17H16N4OS/c1-13-19-20-17(23-12-14-6-3-2-4-7-14)21(13)18-11-15-8-5-9-16(22)10-15/h2-11,22H,12H2,1H3/b18-11+. The second-order valence-corrected chi connectivity index (χ2v) is 5.90. The summed E-state index contributed by atoms with van der Waals surface area (Å²) in [6.07, 6.45) is 1.68. The molecule has 0 aliphatic rings. The van der Waals surface area contributed by atoms with Crippen LogP contribution in [0.5, 0.6) is 5.75 Å². The minimum absolute atomic E-state index is 0.216. The van der Waals surface area contributed by atoms with E-state index in [9.17, 15) is 5.11 Å². The zero-order valence-electron chi connectivity index (χ0n) is 12.6. The molecule has 116 valence electrons. The molecule has 2 aromatic carbocycles. The Bertz CT molecular complexity index is 814. The minimum atomic E-state index is 0.216. The summed E-state index contributed by atoms with van der Waals surface area (Å²) in [4.78, 5) is 0. The van der Waals surface area contributed by atoms with Crippen LogP contribution in [0.4, 0.5) is 0 Å². The van der Waals surface area contributed by atoms with Gasteiger partial charge in [-0.05, 0) is 30.2 Å². The highest BCUT2D eigenvalue weighted by Gasteiger charge is 2.08. The molecule has 0 bridgehead atoms. The molecular formula is C17H16N4OS. The first kappa shape index (κ1) is 15.3. The van der Waals surface area contributed by atoms with Crippen LogP contribution >= 0.6 is 11.8 Å². The third kappa shape index (κ3) is 3.98. The summed E-state index contributed by atoms with van der Waals surface area (Å²) >= 11 is 1.59. The number of thioether (sulfide) groups is 1. The second kappa shape index (κ2) is 7.11. The van der Waals surface area contributed by atoms with Crippen molar-refractivity contribution in [2.75, 3.05) is 0 Å². The van der Waals surface area contributed by atoms with Gasteiger partial charge in [0.2, 0.25) is 5.16 Å². The fourth-order valence-corrected chi connectivity index (χ4v) is 2.90. The van der Waals surface area contributed by atoms with Gasteiger partial charge in [-0.2, -0.15) is 9.78 Å². The van der Waals surface area contributed by atoms with Gasteiger partial charge in [-0.15, -0.1) is 10.2 Å². The van der Waals surface area contributed by atoms with Gasteiger partial charge in [0.05, 0.1) is 6.21 Å². The number of aryl methyl sites for hydroxylation is 1. The predicted molar refractivity (Wildman–Crippen MR) is 91.9 cm³/mol. The largest absolute Gasteiger partial charge is 0.508 e. The van der Waals surface area contributed by atoms with Gasteiger partial charge in [0.15, 0.2) is 5.82 Å². The zero-order valence-corrected chi connectivity index (χ0v) is 13.4. The highest BCUT2D eigenvalue weighted by atomic mass is 32.2. The maximum Gasteiger partial charge on any atom is 0.212 e. The summed E-state index contributed by atoms with van der Waals surface area (Å²) in [6.45, 7) is 1.86. The van der Waals surface area contributed by atoms with Gasteiger partial charge in [0, 0.05) is 5.75 Å². The average molecular weight is 324 g/mol. The molecular weight excluding hydrogens is 308 g/mol. The lowest BCUT2D eigenvalue weighted by molar-refractivity contribution is 0.475. The number of nitrogens with zero attached hydrogens (tertiary/aromatic N) is 4. The number of hydrogen-bond acceptors (Lipinski definition) is 5. The number of phenols is 1. The third-order valence-corrected chi connectivity index (χ3v) is 4.16. The van der Waals surface area contributed by atoms with Crippen molar-refractivity contribution < 1.29 is 5.11 Å². The molecule has 0 amide bonds. The molecule has 5 nitrogen and oxygen atoms in total. The van der Waals surface area contributed by atoms with Crippen molar-refractivity contribution in [3.63, 3.8) is 0 Å². The van der Waals surface area contributed by atoms with Gasteiger partial charge >= 0.3 is 0 Å². The average Bonchev–Trinajstić information content (AvgIpc) is 2.92. The fourth-order valence-electron chi connectivity index (χ4n) is 2.01. The molecule has 0 radical (unpaired) electrons. The Hall–Kier alpha value is -2.60. The van der Waals surface area contributed by atoms with Gasteiger partial charge in [0.25, 0.3) is 0 Å². The smallest absolute Gasteiger partial charge is 0.212 e. The normalized spacial score (nSPS) is 11.2. The number of phenolic OH excluding ortho intramolecular Hbond substituents is 1. The zero-order chi connectivity index (χ0) is 16.1. The summed E-state index contributed by atoms with van der Waals surface area (Å²) in [5.74, 6) is 1.74. The van der Waals surface area contributed by atoms with Crippen molar-refractivity contribution in [3.8, 4) is 5.75 Å². The predicted octanol–water partition coefficient (Wildman–Crippen LogP) is 3.47. The lowest BCUT2D eigenvalue weighted by Crippen LogP contribution is -1.96. The van der Waals surface area contributed by atoms with E-state index in [4.69, 9.17) is 0 Å². The van der Waals surface area contributed by atoms with Crippen LogP contribution in [0.1, 0.15) is 17.0 Å². The molecule has 3 rings (SSSR count). The molecule has 6 heteroatoms. The fraction of sp³-hybridized carbons (Fsp3) is 0.118. The van der Waals surface area contributed by atoms with Crippen molar-refractivity contribution in [3.05, 3.63) is 71.5 Å². The number of aromatic nitrogens is 3. The Morgan fingerprint density at radius 1 is 1.13 bits per heavy atom. The monoisotopic (exact) mass is 324 g/mol. The SMILES string of the molecule is Cc1nnc(SCc2ccccc2)n1/N=C/c1cccc(O)c1. The number of hydrogen-bond donors (Lipinski definition) is 1. The lowest BCUT2D eigenvalue weighted by Gasteiger charge is -2.02. The van der Waals surface area contributed by atoms with E-state index in [1.54, 1.807) is 40.9 Å². The summed E-state index contributed by atoms with van der Waals surface area (Å²) in [7, 11) is 0. The van der Waals surface area contributed by atoms with Crippen molar-refractivity contribution in [1.29, 1.82) is 0 Å². The van der Waals surface area contributed by atoms with Crippen LogP contribution in [0, 0.1) is 6.92 Å². The van der Waals surface area contributed by atoms with Gasteiger partial charge in [-0.25, -0.2) is 0 Å². The topological polar surface area (TPSA) is 63.3 Å². The molecule has 0 spiro atoms. The molecule has 0 saturated carbocycles. The highest BCUT2D eigenvalue weighted by Crippen LogP contribution is 2.21. The van der Waals surface area contributed by atoms with Gasteiger partial charge in [0.1, 0.15) is 5.75 Å². The molecule has 1 N–H and O–H groups in total. The van der Waals surface area contributed by atoms with E-state index in [0.29, 0.717) is 0 Å². The summed E-state index contributed by atoms with van der Waals surface area (Å²) in [6, 6.07) is 17.1. The Morgan fingerprint density at radius 2 is 1.96 bits per heavy atom. The molecule has 0 unspecified atom stereocenters. The Morgan fingerprint density at radius 3 is 2.74 bits per heavy atom. The molecule has 0 atom stereocenters. The minimum Gasteiger partial charge on any atom is -0.508 e. The Balaban J connectivity index is 1.76. The van der Waals surface area contributed by atoms with Crippen molar-refractivity contribution in [1.82, 2.24) is 14.9 Å². The maximum atomic E-state index is 9.49. The van der Waals surface area contributed by atoms with Crippen LogP contribution in [0.25, 0.3) is 0 Å². The number of benzene rings is 2. The molecule has 23 heavy (non-hydrogen) atoms. The summed E-state index contributed by atoms with van der Waals surface area (Å²) < 4.78 is 1.71. The Labute approximate surface area is 138 Å². The molecule has 0 fully saturated rings. The molecule has 3 aromatic rings. The molecule has 0 saturated heterocycles. The van der Waals surface area contributed by atoms with E-state index < -0.39 is 0 Å². The van der Waals surface area contributed by atoms with E-state index in [-0.39, 0.29) is 5.75 Å². The van der Waals surface area contributed by atoms with Gasteiger partial charge in [-0.1, -0.05) is 54.2 Å². The van der Waals surface area contributed by atoms with E-state index in [1.165, 1.54) is 5.56 Å². The van der Waals surface area contributed by atoms with Crippen LogP contribution in [-0.2, 0) is 5.75 Å². The van der Waals surface area contributed by atoms with E-state index in [2.05, 4.69) is 27.4 Å². The lowest BCUT2D eigenvalue weighted by atomic mass is 10.2. The summed E-state index contributed by atoms with van der Waals surface area (Å²) in [5, 5.41) is 22.9. The number of rotatable bonds is 5. The van der Waals surface area contributed by atoms with E-state index in [0.717, 1.165) is 22.3 Å². The Kier molecular flexibility index (Phi) is 4.73. The third-order valence-electron chi connectivity index (χ3n) is 3.17. The molecule has 1 heterocycles. The van der Waals surface area contributed by atoms with Gasteiger partial charge in [-0.3, -0.25) is 0 Å². The first-order chi connectivity index (χ1) is 11.2. The molecule has 0 aliphatic heterocycles. The van der Waals surface area contributed by atoms with E-state index >= 15 is 0 Å². The van der Waals surface area contributed by atoms with Gasteiger partial charge < -0.3 is 5.11 Å². The quantitative estimate of drug-likeness (QED) is 0.576. The molecule has 1 aromatic heterocycles. The van der Waals surface area contributed by atoms with Crippen LogP contribution in [0.15, 0.2) is 64.9 Å². The summed E-state index contributed by atoms with van der Waals surface area (Å²) in [5.41, 5.74) is 2.04. The first-order valence-corrected chi connectivity index (χ1v) is 8.13.